The molecule has 0 radical (unpaired) electrons. The molecule has 3 aromatic rings. The van der Waals surface area contributed by atoms with Crippen LogP contribution < -0.4 is 15.6 Å². The summed E-state index contributed by atoms with van der Waals surface area (Å²) in [5.41, 5.74) is 0.814. The van der Waals surface area contributed by atoms with Crippen LogP contribution in [0, 0.1) is 19.7 Å². The van der Waals surface area contributed by atoms with Gasteiger partial charge in [0.15, 0.2) is 11.6 Å². The predicted octanol–water partition coefficient (Wildman–Crippen LogP) is 2.80. The lowest BCUT2D eigenvalue weighted by Crippen LogP contribution is -2.30. The molecule has 1 N–H and O–H groups in total. The third-order valence-electron chi connectivity index (χ3n) is 4.25. The first-order valence-corrected chi connectivity index (χ1v) is 9.38. The van der Waals surface area contributed by atoms with E-state index in [1.54, 1.807) is 12.1 Å². The number of aromatic nitrogens is 2. The minimum atomic E-state index is -0.440. The molecule has 2 heterocycles. The van der Waals surface area contributed by atoms with Crippen molar-refractivity contribution in [1.29, 1.82) is 0 Å². The van der Waals surface area contributed by atoms with Crippen LogP contribution >= 0.6 is 11.3 Å². The first kappa shape index (κ1) is 19.0. The van der Waals surface area contributed by atoms with Crippen LogP contribution in [-0.4, -0.2) is 28.6 Å². The molecule has 0 fully saturated rings. The van der Waals surface area contributed by atoms with Gasteiger partial charge in [0, 0.05) is 17.8 Å². The number of benzene rings is 1. The average molecular weight is 389 g/mol. The Bertz CT molecular complexity index is 1030. The first-order valence-electron chi connectivity index (χ1n) is 8.56. The number of hydrogen-bond acceptors (Lipinski definition) is 5. The molecule has 2 aromatic heterocycles. The van der Waals surface area contributed by atoms with Gasteiger partial charge in [-0.2, -0.15) is 0 Å². The molecule has 8 heteroatoms. The van der Waals surface area contributed by atoms with Gasteiger partial charge in [0.05, 0.1) is 18.3 Å². The Hall–Kier alpha value is -2.74. The van der Waals surface area contributed by atoms with Crippen LogP contribution in [0.4, 0.5) is 4.39 Å². The zero-order chi connectivity index (χ0) is 19.4. The highest BCUT2D eigenvalue weighted by atomic mass is 32.1. The van der Waals surface area contributed by atoms with Gasteiger partial charge in [0.25, 0.3) is 5.56 Å². The molecule has 6 nitrogen and oxygen atoms in total. The lowest BCUT2D eigenvalue weighted by molar-refractivity contribution is -0.121. The van der Waals surface area contributed by atoms with Crippen molar-refractivity contribution >= 4 is 27.5 Å². The molecular weight excluding hydrogens is 369 g/mol. The highest BCUT2D eigenvalue weighted by Gasteiger charge is 2.12. The van der Waals surface area contributed by atoms with E-state index in [-0.39, 0.29) is 43.3 Å². The number of para-hydroxylation sites is 1. The van der Waals surface area contributed by atoms with E-state index < -0.39 is 5.82 Å². The number of rotatable bonds is 7. The van der Waals surface area contributed by atoms with Gasteiger partial charge in [-0.05, 0) is 31.5 Å². The largest absolute Gasteiger partial charge is 0.489 e. The number of thiophene rings is 1. The summed E-state index contributed by atoms with van der Waals surface area (Å²) >= 11 is 1.49. The van der Waals surface area contributed by atoms with E-state index in [2.05, 4.69) is 10.3 Å². The van der Waals surface area contributed by atoms with Gasteiger partial charge in [0.2, 0.25) is 5.91 Å². The molecule has 0 aliphatic heterocycles. The van der Waals surface area contributed by atoms with E-state index >= 15 is 0 Å². The Labute approximate surface area is 159 Å². The zero-order valence-corrected chi connectivity index (χ0v) is 15.9. The van der Waals surface area contributed by atoms with Crippen LogP contribution in [0.25, 0.3) is 10.2 Å². The van der Waals surface area contributed by atoms with E-state index in [9.17, 15) is 14.0 Å². The standard InChI is InChI=1S/C19H20FN3O3S/c1-12-13(2)27-18-17(12)19(25)23(11-22-18)9-7-16(24)21-8-10-26-15-6-4-3-5-14(15)20/h3-6,11H,7-10H2,1-2H3,(H,21,24). The van der Waals surface area contributed by atoms with E-state index in [1.807, 2.05) is 13.8 Å². The lowest BCUT2D eigenvalue weighted by atomic mass is 10.2. The Morgan fingerprint density at radius 3 is 2.89 bits per heavy atom. The van der Waals surface area contributed by atoms with Crippen molar-refractivity contribution < 1.29 is 13.9 Å². The van der Waals surface area contributed by atoms with Crippen molar-refractivity contribution in [3.63, 3.8) is 0 Å². The summed E-state index contributed by atoms with van der Waals surface area (Å²) in [6.45, 7) is 4.53. The minimum absolute atomic E-state index is 0.127. The number of nitrogens with zero attached hydrogens (tertiary/aromatic N) is 2. The van der Waals surface area contributed by atoms with Crippen LogP contribution in [0.2, 0.25) is 0 Å². The summed E-state index contributed by atoms with van der Waals surface area (Å²) in [5.74, 6) is -0.499. The maximum atomic E-state index is 13.4. The summed E-state index contributed by atoms with van der Waals surface area (Å²) in [4.78, 5) is 30.6. The molecule has 1 aromatic carbocycles. The summed E-state index contributed by atoms with van der Waals surface area (Å²) in [6.07, 6.45) is 1.63. The van der Waals surface area contributed by atoms with E-state index in [0.29, 0.717) is 5.39 Å². The minimum Gasteiger partial charge on any atom is -0.489 e. The van der Waals surface area contributed by atoms with Gasteiger partial charge in [-0.3, -0.25) is 14.2 Å². The van der Waals surface area contributed by atoms with Crippen molar-refractivity contribution in [2.45, 2.75) is 26.8 Å². The summed E-state index contributed by atoms with van der Waals surface area (Å²) in [5, 5.41) is 3.32. The maximum absolute atomic E-state index is 13.4. The number of carbonyl (C=O) groups is 1. The van der Waals surface area contributed by atoms with Crippen molar-refractivity contribution in [2.24, 2.45) is 0 Å². The topological polar surface area (TPSA) is 73.2 Å². The van der Waals surface area contributed by atoms with Crippen LogP contribution in [0.5, 0.6) is 5.75 Å². The third kappa shape index (κ3) is 4.33. The molecule has 3 rings (SSSR count). The average Bonchev–Trinajstić information content (AvgIpc) is 2.94. The normalized spacial score (nSPS) is 10.9. The zero-order valence-electron chi connectivity index (χ0n) is 15.1. The van der Waals surface area contributed by atoms with Gasteiger partial charge >= 0.3 is 0 Å². The molecule has 0 bridgehead atoms. The number of nitrogens with one attached hydrogen (secondary N) is 1. The molecule has 142 valence electrons. The predicted molar refractivity (Wildman–Crippen MR) is 103 cm³/mol. The summed E-state index contributed by atoms with van der Waals surface area (Å²) in [6, 6.07) is 6.10. The molecule has 0 saturated carbocycles. The van der Waals surface area contributed by atoms with Crippen LogP contribution in [-0.2, 0) is 11.3 Å². The monoisotopic (exact) mass is 389 g/mol. The fourth-order valence-corrected chi connectivity index (χ4v) is 3.64. The molecule has 0 saturated heterocycles. The molecule has 0 atom stereocenters. The maximum Gasteiger partial charge on any atom is 0.262 e. The molecule has 0 unspecified atom stereocenters. The van der Waals surface area contributed by atoms with Crippen molar-refractivity contribution in [3.8, 4) is 5.75 Å². The lowest BCUT2D eigenvalue weighted by Gasteiger charge is -2.09. The van der Waals surface area contributed by atoms with Gasteiger partial charge in [0.1, 0.15) is 11.4 Å². The van der Waals surface area contributed by atoms with Gasteiger partial charge in [-0.1, -0.05) is 12.1 Å². The number of hydrogen-bond donors (Lipinski definition) is 1. The van der Waals surface area contributed by atoms with E-state index in [1.165, 1.54) is 34.4 Å². The van der Waals surface area contributed by atoms with Gasteiger partial charge in [-0.25, -0.2) is 9.37 Å². The Kier molecular flexibility index (Phi) is 5.85. The Morgan fingerprint density at radius 1 is 1.33 bits per heavy atom. The molecule has 27 heavy (non-hydrogen) atoms. The second-order valence-corrected chi connectivity index (χ2v) is 7.29. The number of carbonyl (C=O) groups excluding carboxylic acids is 1. The Morgan fingerprint density at radius 2 is 2.11 bits per heavy atom. The van der Waals surface area contributed by atoms with Crippen LogP contribution in [0.1, 0.15) is 16.9 Å². The molecule has 0 aliphatic carbocycles. The van der Waals surface area contributed by atoms with E-state index in [4.69, 9.17) is 4.74 Å². The molecule has 0 spiro atoms. The number of amides is 1. The number of aryl methyl sites for hydroxylation is 3. The summed E-state index contributed by atoms with van der Waals surface area (Å²) < 4.78 is 20.1. The molecule has 1 amide bonds. The first-order chi connectivity index (χ1) is 13.0. The van der Waals surface area contributed by atoms with E-state index in [0.717, 1.165) is 15.3 Å². The Balaban J connectivity index is 1.50. The second kappa shape index (κ2) is 8.30. The van der Waals surface area contributed by atoms with Crippen LogP contribution in [0.3, 0.4) is 0 Å². The van der Waals surface area contributed by atoms with Gasteiger partial charge < -0.3 is 10.1 Å². The molecular formula is C19H20FN3O3S. The second-order valence-electron chi connectivity index (χ2n) is 6.09. The van der Waals surface area contributed by atoms with Crippen molar-refractivity contribution in [3.05, 3.63) is 57.2 Å². The highest BCUT2D eigenvalue weighted by molar-refractivity contribution is 7.18. The smallest absolute Gasteiger partial charge is 0.262 e. The van der Waals surface area contributed by atoms with Gasteiger partial charge in [-0.15, -0.1) is 11.3 Å². The molecule has 0 aliphatic rings. The van der Waals surface area contributed by atoms with Crippen LogP contribution in [0.15, 0.2) is 35.4 Å². The summed E-state index contributed by atoms with van der Waals surface area (Å²) in [7, 11) is 0. The number of halogens is 1. The van der Waals surface area contributed by atoms with Crippen molar-refractivity contribution in [2.75, 3.05) is 13.2 Å². The fourth-order valence-electron chi connectivity index (χ4n) is 2.65. The third-order valence-corrected chi connectivity index (χ3v) is 5.37. The van der Waals surface area contributed by atoms with Crippen molar-refractivity contribution in [1.82, 2.24) is 14.9 Å². The number of ether oxygens (including phenoxy) is 1. The fraction of sp³-hybridized carbons (Fsp3) is 0.316. The SMILES string of the molecule is Cc1sc2ncn(CCC(=O)NCCOc3ccccc3F)c(=O)c2c1C. The quantitative estimate of drug-likeness (QED) is 0.631. The number of fused-ring (bicyclic) bond motifs is 1. The highest BCUT2D eigenvalue weighted by Crippen LogP contribution is 2.25.